The van der Waals surface area contributed by atoms with Gasteiger partial charge in [0.25, 0.3) is 0 Å². The van der Waals surface area contributed by atoms with Gasteiger partial charge in [0.2, 0.25) is 15.9 Å². The number of carbonyl (C=O) groups excluding carboxylic acids is 1. The Morgan fingerprint density at radius 1 is 1.11 bits per heavy atom. The molecule has 0 aromatic heterocycles. The lowest BCUT2D eigenvalue weighted by molar-refractivity contribution is -0.116. The number of sulfonamides is 1. The van der Waals surface area contributed by atoms with Crippen LogP contribution in [0.3, 0.4) is 0 Å². The van der Waals surface area contributed by atoms with Crippen LogP contribution in [0.5, 0.6) is 5.75 Å². The van der Waals surface area contributed by atoms with Crippen molar-refractivity contribution in [2.45, 2.75) is 39.7 Å². The molecular weight excluding hydrogens is 376 g/mol. The minimum atomic E-state index is -3.74. The predicted octanol–water partition coefficient (Wildman–Crippen LogP) is 3.92. The Kier molecular flexibility index (Phi) is 6.72. The molecule has 0 aliphatic rings. The number of rotatable bonds is 7. The van der Waals surface area contributed by atoms with Crippen LogP contribution >= 0.6 is 0 Å². The number of carbonyl (C=O) groups is 1. The van der Waals surface area contributed by atoms with Crippen molar-refractivity contribution < 1.29 is 17.9 Å². The summed E-state index contributed by atoms with van der Waals surface area (Å²) in [6, 6.07) is 11.8. The third kappa shape index (κ3) is 4.84. The molecule has 0 unspecified atom stereocenters. The van der Waals surface area contributed by atoms with Gasteiger partial charge in [0.15, 0.2) is 0 Å². The summed E-state index contributed by atoms with van der Waals surface area (Å²) in [5.74, 6) is 0.190. The van der Waals surface area contributed by atoms with E-state index in [-0.39, 0.29) is 5.92 Å². The van der Waals surface area contributed by atoms with Crippen molar-refractivity contribution in [3.8, 4) is 5.75 Å². The first kappa shape index (κ1) is 21.8. The van der Waals surface area contributed by atoms with Crippen molar-refractivity contribution in [2.75, 3.05) is 23.0 Å². The molecule has 1 N–H and O–H groups in total. The van der Waals surface area contributed by atoms with Gasteiger partial charge >= 0.3 is 0 Å². The lowest BCUT2D eigenvalue weighted by Gasteiger charge is -2.30. The molecular formula is C21H28N2O4S. The van der Waals surface area contributed by atoms with E-state index in [1.54, 1.807) is 19.1 Å². The fraction of sp³-hybridized carbons (Fsp3) is 0.381. The molecule has 2 rings (SSSR count). The van der Waals surface area contributed by atoms with Gasteiger partial charge in [-0.2, -0.15) is 0 Å². The van der Waals surface area contributed by atoms with Crippen LogP contribution in [-0.2, 0) is 14.8 Å². The maximum Gasteiger partial charge on any atom is 0.248 e. The summed E-state index contributed by atoms with van der Waals surface area (Å²) >= 11 is 0. The van der Waals surface area contributed by atoms with Crippen LogP contribution in [0.25, 0.3) is 0 Å². The first-order valence-corrected chi connectivity index (χ1v) is 10.9. The van der Waals surface area contributed by atoms with E-state index in [1.807, 2.05) is 51.1 Å². The molecule has 0 heterocycles. The highest BCUT2D eigenvalue weighted by atomic mass is 32.2. The molecule has 0 radical (unpaired) electrons. The van der Waals surface area contributed by atoms with E-state index >= 15 is 0 Å². The minimum Gasteiger partial charge on any atom is -0.495 e. The van der Waals surface area contributed by atoms with Crippen LogP contribution in [0.2, 0.25) is 0 Å². The average molecular weight is 405 g/mol. The van der Waals surface area contributed by atoms with E-state index in [2.05, 4.69) is 5.32 Å². The molecule has 7 heteroatoms. The van der Waals surface area contributed by atoms with E-state index in [9.17, 15) is 13.2 Å². The van der Waals surface area contributed by atoms with Crippen LogP contribution in [0.1, 0.15) is 37.8 Å². The maximum absolute atomic E-state index is 13.0. The third-order valence-corrected chi connectivity index (χ3v) is 5.73. The van der Waals surface area contributed by atoms with Gasteiger partial charge in [-0.3, -0.25) is 9.10 Å². The van der Waals surface area contributed by atoms with E-state index in [4.69, 9.17) is 4.74 Å². The highest BCUT2D eigenvalue weighted by Gasteiger charge is 2.31. The first-order chi connectivity index (χ1) is 13.1. The van der Waals surface area contributed by atoms with Gasteiger partial charge in [0.1, 0.15) is 11.8 Å². The van der Waals surface area contributed by atoms with Crippen LogP contribution in [0.15, 0.2) is 42.5 Å². The summed E-state index contributed by atoms with van der Waals surface area (Å²) < 4.78 is 31.6. The maximum atomic E-state index is 13.0. The number of amides is 1. The molecule has 2 aromatic rings. The minimum absolute atomic E-state index is 0.217. The highest BCUT2D eigenvalue weighted by Crippen LogP contribution is 2.33. The zero-order valence-electron chi connectivity index (χ0n) is 17.2. The standard InChI is InChI=1S/C21H28N2O4S/c1-14(2)17-9-7-8-10-18(17)22-21(24)16(4)23(28(6,25)26)19-13-15(3)11-12-20(19)27-5/h7-14,16H,1-6H3,(H,22,24)/t16-/m1/s1. The molecule has 0 aliphatic carbocycles. The second-order valence-electron chi connectivity index (χ2n) is 7.14. The van der Waals surface area contributed by atoms with E-state index in [0.717, 1.165) is 21.7 Å². The topological polar surface area (TPSA) is 75.7 Å². The van der Waals surface area contributed by atoms with Crippen LogP contribution in [-0.4, -0.2) is 33.7 Å². The molecule has 152 valence electrons. The number of nitrogens with zero attached hydrogens (tertiary/aromatic N) is 1. The van der Waals surface area contributed by atoms with Gasteiger partial charge in [0.05, 0.1) is 19.1 Å². The van der Waals surface area contributed by atoms with E-state index in [1.165, 1.54) is 7.11 Å². The molecule has 0 saturated heterocycles. The number of hydrogen-bond acceptors (Lipinski definition) is 4. The van der Waals surface area contributed by atoms with Crippen molar-refractivity contribution in [3.05, 3.63) is 53.6 Å². The number of para-hydroxylation sites is 1. The monoisotopic (exact) mass is 404 g/mol. The van der Waals surface area contributed by atoms with Crippen molar-refractivity contribution in [1.29, 1.82) is 0 Å². The Balaban J connectivity index is 2.44. The van der Waals surface area contributed by atoms with Gasteiger partial charge in [-0.1, -0.05) is 38.1 Å². The van der Waals surface area contributed by atoms with Crippen molar-refractivity contribution in [1.82, 2.24) is 0 Å². The van der Waals surface area contributed by atoms with Crippen LogP contribution in [0, 0.1) is 6.92 Å². The summed E-state index contributed by atoms with van der Waals surface area (Å²) in [6.45, 7) is 7.49. The molecule has 0 spiro atoms. The quantitative estimate of drug-likeness (QED) is 0.759. The number of hydrogen-bond donors (Lipinski definition) is 1. The lowest BCUT2D eigenvalue weighted by atomic mass is 10.0. The van der Waals surface area contributed by atoms with Gasteiger partial charge in [-0.15, -0.1) is 0 Å². The van der Waals surface area contributed by atoms with Crippen molar-refractivity contribution in [3.63, 3.8) is 0 Å². The number of benzene rings is 2. The van der Waals surface area contributed by atoms with Gasteiger partial charge < -0.3 is 10.1 Å². The smallest absolute Gasteiger partial charge is 0.248 e. The van der Waals surface area contributed by atoms with Crippen molar-refractivity contribution in [2.24, 2.45) is 0 Å². The molecule has 0 fully saturated rings. The third-order valence-electron chi connectivity index (χ3n) is 4.50. The van der Waals surface area contributed by atoms with Crippen molar-refractivity contribution >= 4 is 27.3 Å². The molecule has 0 aliphatic heterocycles. The Morgan fingerprint density at radius 2 is 1.75 bits per heavy atom. The highest BCUT2D eigenvalue weighted by molar-refractivity contribution is 7.92. The fourth-order valence-corrected chi connectivity index (χ4v) is 4.27. The molecule has 1 amide bonds. The van der Waals surface area contributed by atoms with Crippen LogP contribution in [0.4, 0.5) is 11.4 Å². The summed E-state index contributed by atoms with van der Waals surface area (Å²) in [5.41, 5.74) is 2.87. The Morgan fingerprint density at radius 3 is 2.32 bits per heavy atom. The zero-order valence-corrected chi connectivity index (χ0v) is 18.0. The Labute approximate surface area is 167 Å². The Hall–Kier alpha value is -2.54. The van der Waals surface area contributed by atoms with Gasteiger partial charge in [0, 0.05) is 5.69 Å². The summed E-state index contributed by atoms with van der Waals surface area (Å²) in [4.78, 5) is 13.0. The normalized spacial score (nSPS) is 12.5. The second-order valence-corrected chi connectivity index (χ2v) is 9.00. The van der Waals surface area contributed by atoms with Gasteiger partial charge in [-0.05, 0) is 49.1 Å². The second kappa shape index (κ2) is 8.65. The van der Waals surface area contributed by atoms with E-state index < -0.39 is 22.0 Å². The summed E-state index contributed by atoms with van der Waals surface area (Å²) in [5, 5.41) is 2.88. The Bertz CT molecular complexity index is 955. The number of ether oxygens (including phenoxy) is 1. The molecule has 2 aromatic carbocycles. The summed E-state index contributed by atoms with van der Waals surface area (Å²) in [6.07, 6.45) is 1.08. The molecule has 6 nitrogen and oxygen atoms in total. The number of anilines is 2. The molecule has 0 bridgehead atoms. The van der Waals surface area contributed by atoms with Gasteiger partial charge in [-0.25, -0.2) is 8.42 Å². The summed E-state index contributed by atoms with van der Waals surface area (Å²) in [7, 11) is -2.27. The SMILES string of the molecule is COc1ccc(C)cc1N([C@H](C)C(=O)Nc1ccccc1C(C)C)S(C)(=O)=O. The predicted molar refractivity (Wildman–Crippen MR) is 114 cm³/mol. The zero-order chi connectivity index (χ0) is 21.1. The molecule has 1 atom stereocenters. The molecule has 28 heavy (non-hydrogen) atoms. The number of methoxy groups -OCH3 is 1. The largest absolute Gasteiger partial charge is 0.495 e. The lowest BCUT2D eigenvalue weighted by Crippen LogP contribution is -2.45. The fourth-order valence-electron chi connectivity index (χ4n) is 3.10. The van der Waals surface area contributed by atoms with Crippen LogP contribution < -0.4 is 14.4 Å². The first-order valence-electron chi connectivity index (χ1n) is 9.10. The number of aryl methyl sites for hydroxylation is 1. The molecule has 0 saturated carbocycles. The average Bonchev–Trinajstić information content (AvgIpc) is 2.61. The number of nitrogens with one attached hydrogen (secondary N) is 1. The van der Waals surface area contributed by atoms with E-state index in [0.29, 0.717) is 17.1 Å².